The predicted molar refractivity (Wildman–Crippen MR) is 64.0 cm³/mol. The Labute approximate surface area is 96.1 Å². The van der Waals surface area contributed by atoms with Gasteiger partial charge >= 0.3 is 0 Å². The molecule has 1 aromatic heterocycles. The molecule has 0 atom stereocenters. The zero-order valence-corrected chi connectivity index (χ0v) is 9.63. The molecule has 0 fully saturated rings. The Morgan fingerprint density at radius 3 is 2.93 bits per heavy atom. The van der Waals surface area contributed by atoms with E-state index in [0.717, 1.165) is 26.8 Å². The summed E-state index contributed by atoms with van der Waals surface area (Å²) in [5.41, 5.74) is 1.05. The third kappa shape index (κ3) is 1.56. The summed E-state index contributed by atoms with van der Waals surface area (Å²) in [7, 11) is 0. The number of thiol groups is 1. The Morgan fingerprint density at radius 1 is 1.50 bits per heavy atom. The van der Waals surface area contributed by atoms with Crippen LogP contribution in [0.5, 0.6) is 0 Å². The molecule has 0 unspecified atom stereocenters. The van der Waals surface area contributed by atoms with Crippen LogP contribution < -0.4 is 0 Å². The predicted octanol–water partition coefficient (Wildman–Crippen LogP) is 3.74. The molecule has 0 amide bonds. The summed E-state index contributed by atoms with van der Waals surface area (Å²) in [4.78, 5) is 12.3. The second-order valence-corrected chi connectivity index (χ2v) is 4.72. The number of hydrogen-bond donors (Lipinski definition) is 1. The number of hydrogen-bond acceptors (Lipinski definition) is 3. The Balaban J connectivity index is 2.81. The highest BCUT2D eigenvalue weighted by Gasteiger charge is 2.07. The maximum atomic E-state index is 10.6. The highest BCUT2D eigenvalue weighted by molar-refractivity contribution is 7.80. The molecule has 0 spiro atoms. The third-order valence-corrected chi connectivity index (χ3v) is 3.94. The van der Waals surface area contributed by atoms with E-state index in [1.165, 1.54) is 11.3 Å². The van der Waals surface area contributed by atoms with Crippen LogP contribution in [0.25, 0.3) is 10.1 Å². The van der Waals surface area contributed by atoms with E-state index in [1.54, 1.807) is 0 Å². The Bertz CT molecular complexity index is 490. The maximum Gasteiger partial charge on any atom is 0.160 e. The quantitative estimate of drug-likeness (QED) is 0.482. The molecule has 0 saturated carbocycles. The van der Waals surface area contributed by atoms with Crippen molar-refractivity contribution in [2.45, 2.75) is 10.8 Å². The van der Waals surface area contributed by atoms with Crippen LogP contribution in [-0.2, 0) is 5.88 Å². The van der Waals surface area contributed by atoms with Crippen molar-refractivity contribution in [2.24, 2.45) is 0 Å². The van der Waals surface area contributed by atoms with Crippen LogP contribution in [0.15, 0.2) is 23.1 Å². The number of thiophene rings is 1. The van der Waals surface area contributed by atoms with Gasteiger partial charge in [-0.3, -0.25) is 4.79 Å². The average molecular weight is 243 g/mol. The van der Waals surface area contributed by atoms with Gasteiger partial charge < -0.3 is 0 Å². The van der Waals surface area contributed by atoms with Crippen LogP contribution in [0.3, 0.4) is 0 Å². The number of rotatable bonds is 2. The summed E-state index contributed by atoms with van der Waals surface area (Å²) in [6.07, 6.45) is 0.857. The maximum absolute atomic E-state index is 10.6. The van der Waals surface area contributed by atoms with Gasteiger partial charge in [0.2, 0.25) is 0 Å². The van der Waals surface area contributed by atoms with E-state index in [0.29, 0.717) is 10.8 Å². The summed E-state index contributed by atoms with van der Waals surface area (Å²) in [5.74, 6) is 0.458. The minimum absolute atomic E-state index is 0.458. The van der Waals surface area contributed by atoms with E-state index < -0.39 is 0 Å². The summed E-state index contributed by atoms with van der Waals surface area (Å²) in [6.45, 7) is 0. The van der Waals surface area contributed by atoms with Crippen molar-refractivity contribution in [3.8, 4) is 0 Å². The van der Waals surface area contributed by atoms with Crippen LogP contribution in [0, 0.1) is 0 Å². The molecule has 0 bridgehead atoms. The first-order valence-corrected chi connectivity index (χ1v) is 5.81. The van der Waals surface area contributed by atoms with Gasteiger partial charge in [-0.2, -0.15) is 0 Å². The first-order chi connectivity index (χ1) is 6.76. The second kappa shape index (κ2) is 3.93. The molecule has 0 N–H and O–H groups in total. The highest BCUT2D eigenvalue weighted by Crippen LogP contribution is 2.33. The van der Waals surface area contributed by atoms with Gasteiger partial charge in [0.25, 0.3) is 0 Å². The summed E-state index contributed by atoms with van der Waals surface area (Å²) < 4.78 is 1.04. The normalized spacial score (nSPS) is 10.7. The van der Waals surface area contributed by atoms with Crippen molar-refractivity contribution >= 4 is 51.9 Å². The lowest BCUT2D eigenvalue weighted by atomic mass is 10.1. The van der Waals surface area contributed by atoms with E-state index >= 15 is 0 Å². The van der Waals surface area contributed by atoms with Crippen LogP contribution in [-0.4, -0.2) is 6.29 Å². The van der Waals surface area contributed by atoms with Gasteiger partial charge in [-0.15, -0.1) is 35.6 Å². The Hall–Kier alpha value is -0.510. The van der Waals surface area contributed by atoms with Crippen LogP contribution in [0.1, 0.15) is 15.2 Å². The number of carbonyl (C=O) groups excluding carboxylic acids is 1. The number of benzene rings is 1. The lowest BCUT2D eigenvalue weighted by Gasteiger charge is -1.99. The van der Waals surface area contributed by atoms with Gasteiger partial charge in [0.15, 0.2) is 6.29 Å². The number of alkyl halides is 1. The zero-order valence-electron chi connectivity index (χ0n) is 7.16. The van der Waals surface area contributed by atoms with Gasteiger partial charge in [0.1, 0.15) is 0 Å². The third-order valence-electron chi connectivity index (χ3n) is 2.03. The van der Waals surface area contributed by atoms with Crippen molar-refractivity contribution in [2.75, 3.05) is 0 Å². The Kier molecular flexibility index (Phi) is 2.81. The fraction of sp³-hybridized carbons (Fsp3) is 0.100. The molecular weight excluding hydrogens is 236 g/mol. The molecule has 0 radical (unpaired) electrons. The molecular formula is C10H7ClOS2. The molecule has 14 heavy (non-hydrogen) atoms. The summed E-state index contributed by atoms with van der Waals surface area (Å²) in [6, 6.07) is 5.72. The zero-order chi connectivity index (χ0) is 10.1. The minimum Gasteiger partial charge on any atom is -0.297 e. The molecule has 2 aromatic rings. The van der Waals surface area contributed by atoms with Crippen LogP contribution >= 0.6 is 35.6 Å². The van der Waals surface area contributed by atoms with Gasteiger partial charge in [-0.1, -0.05) is 6.07 Å². The van der Waals surface area contributed by atoms with E-state index in [1.807, 2.05) is 18.2 Å². The molecule has 1 heterocycles. The first kappa shape index (κ1) is 10.0. The number of fused-ring (bicyclic) bond motifs is 1. The molecule has 1 aromatic carbocycles. The lowest BCUT2D eigenvalue weighted by molar-refractivity contribution is 0.112. The van der Waals surface area contributed by atoms with Crippen molar-refractivity contribution in [3.05, 3.63) is 28.6 Å². The standard InChI is InChI=1S/C10H7ClOS2/c11-4-6-1-2-9(13)10-8(6)3-7(5-12)14-10/h1-3,5,13H,4H2. The van der Waals surface area contributed by atoms with Gasteiger partial charge in [-0.05, 0) is 23.1 Å². The topological polar surface area (TPSA) is 17.1 Å². The van der Waals surface area contributed by atoms with Crippen molar-refractivity contribution < 1.29 is 4.79 Å². The number of halogens is 1. The summed E-state index contributed by atoms with van der Waals surface area (Å²) >= 11 is 11.6. The largest absolute Gasteiger partial charge is 0.297 e. The molecule has 4 heteroatoms. The van der Waals surface area contributed by atoms with E-state index in [2.05, 4.69) is 12.6 Å². The highest BCUT2D eigenvalue weighted by atomic mass is 35.5. The molecule has 0 aliphatic rings. The van der Waals surface area contributed by atoms with E-state index in [-0.39, 0.29) is 0 Å². The fourth-order valence-corrected chi connectivity index (χ4v) is 2.86. The van der Waals surface area contributed by atoms with Gasteiger partial charge in [0.05, 0.1) is 4.88 Å². The van der Waals surface area contributed by atoms with Crippen LogP contribution in [0.4, 0.5) is 0 Å². The lowest BCUT2D eigenvalue weighted by Crippen LogP contribution is -1.78. The second-order valence-electron chi connectivity index (χ2n) is 2.89. The van der Waals surface area contributed by atoms with E-state index in [4.69, 9.17) is 11.6 Å². The average Bonchev–Trinajstić information content (AvgIpc) is 2.63. The molecule has 1 nitrogen and oxygen atoms in total. The molecule has 2 rings (SSSR count). The SMILES string of the molecule is O=Cc1cc2c(CCl)ccc(S)c2s1. The molecule has 0 aliphatic heterocycles. The van der Waals surface area contributed by atoms with Crippen LogP contribution in [0.2, 0.25) is 0 Å². The minimum atomic E-state index is 0.458. The molecule has 0 saturated heterocycles. The number of aldehydes is 1. The van der Waals surface area contributed by atoms with Crippen molar-refractivity contribution in [1.82, 2.24) is 0 Å². The summed E-state index contributed by atoms with van der Waals surface area (Å²) in [5, 5.41) is 1.04. The fourth-order valence-electron chi connectivity index (χ4n) is 1.36. The molecule has 0 aliphatic carbocycles. The monoisotopic (exact) mass is 242 g/mol. The number of carbonyl (C=O) groups is 1. The Morgan fingerprint density at radius 2 is 2.29 bits per heavy atom. The van der Waals surface area contributed by atoms with Gasteiger partial charge in [-0.25, -0.2) is 0 Å². The van der Waals surface area contributed by atoms with Crippen molar-refractivity contribution in [1.29, 1.82) is 0 Å². The van der Waals surface area contributed by atoms with E-state index in [9.17, 15) is 4.79 Å². The van der Waals surface area contributed by atoms with Gasteiger partial charge in [0, 0.05) is 15.5 Å². The molecule has 72 valence electrons. The first-order valence-electron chi connectivity index (χ1n) is 4.02. The smallest absolute Gasteiger partial charge is 0.160 e. The van der Waals surface area contributed by atoms with Crippen molar-refractivity contribution in [3.63, 3.8) is 0 Å².